The van der Waals surface area contributed by atoms with Crippen LogP contribution in [0.5, 0.6) is 0 Å². The third-order valence-corrected chi connectivity index (χ3v) is 6.05. The first-order valence-electron chi connectivity index (χ1n) is 10.6. The van der Waals surface area contributed by atoms with Gasteiger partial charge in [0.2, 0.25) is 0 Å². The molecule has 0 aliphatic heterocycles. The van der Waals surface area contributed by atoms with Crippen molar-refractivity contribution in [3.8, 4) is 11.8 Å². The number of aromatic nitrogens is 2. The van der Waals surface area contributed by atoms with Gasteiger partial charge in [-0.3, -0.25) is 9.56 Å². The first-order valence-corrected chi connectivity index (χ1v) is 10.6. The highest BCUT2D eigenvalue weighted by Gasteiger charge is 2.15. The third kappa shape index (κ3) is 3.76. The zero-order valence-electron chi connectivity index (χ0n) is 19.4. The van der Waals surface area contributed by atoms with Gasteiger partial charge in [-0.15, -0.1) is 0 Å². The molecule has 160 valence electrons. The van der Waals surface area contributed by atoms with E-state index in [9.17, 15) is 5.26 Å². The number of hydrogen-bond donors (Lipinski definition) is 0. The van der Waals surface area contributed by atoms with Crippen LogP contribution in [0.4, 0.5) is 11.4 Å². The standard InChI is InChI=1S/C27H27N5/c1-17-7-21(5)26(9-19(17)3)31(15-29-6)23-11-22(14-28)12-24(13-23)32-16-30-25-8-18(2)20(4)10-27(25)32/h7-13,15-16H,1-6H3/b29-15+. The van der Waals surface area contributed by atoms with Gasteiger partial charge < -0.3 is 4.90 Å². The van der Waals surface area contributed by atoms with Crippen molar-refractivity contribution in [1.82, 2.24) is 9.55 Å². The van der Waals surface area contributed by atoms with Gasteiger partial charge in [-0.2, -0.15) is 5.26 Å². The molecule has 0 radical (unpaired) electrons. The van der Waals surface area contributed by atoms with Crippen molar-refractivity contribution in [3.05, 3.63) is 82.2 Å². The highest BCUT2D eigenvalue weighted by molar-refractivity contribution is 5.92. The molecule has 0 aliphatic carbocycles. The lowest BCUT2D eigenvalue weighted by atomic mass is 10.0. The number of aliphatic imine (C=N–C) groups is 1. The van der Waals surface area contributed by atoms with E-state index in [4.69, 9.17) is 0 Å². The molecule has 0 bridgehead atoms. The topological polar surface area (TPSA) is 57.2 Å². The number of rotatable bonds is 4. The molecule has 5 heteroatoms. The zero-order valence-corrected chi connectivity index (χ0v) is 19.4. The fourth-order valence-corrected chi connectivity index (χ4v) is 4.00. The van der Waals surface area contributed by atoms with Gasteiger partial charge in [-0.1, -0.05) is 6.07 Å². The van der Waals surface area contributed by atoms with E-state index in [1.54, 1.807) is 13.4 Å². The number of hydrogen-bond acceptors (Lipinski definition) is 3. The molecule has 0 N–H and O–H groups in total. The highest BCUT2D eigenvalue weighted by Crippen LogP contribution is 2.32. The van der Waals surface area contributed by atoms with Gasteiger partial charge in [0.25, 0.3) is 0 Å². The SMILES string of the molecule is C/N=C/N(c1cc(C#N)cc(-n2cnc3cc(C)c(C)cc32)c1)c1cc(C)c(C)cc1C. The van der Waals surface area contributed by atoms with Crippen LogP contribution in [-0.4, -0.2) is 22.9 Å². The summed E-state index contributed by atoms with van der Waals surface area (Å²) < 4.78 is 2.04. The molecule has 0 aliphatic rings. The molecular weight excluding hydrogens is 394 g/mol. The summed E-state index contributed by atoms with van der Waals surface area (Å²) in [7, 11) is 1.76. The van der Waals surface area contributed by atoms with Crippen molar-refractivity contribution in [3.63, 3.8) is 0 Å². The van der Waals surface area contributed by atoms with Crippen LogP contribution in [0, 0.1) is 45.9 Å². The number of nitrogens with zero attached hydrogens (tertiary/aromatic N) is 5. The molecule has 4 rings (SSSR count). The van der Waals surface area contributed by atoms with Crippen LogP contribution in [0.2, 0.25) is 0 Å². The monoisotopic (exact) mass is 421 g/mol. The molecule has 1 heterocycles. The van der Waals surface area contributed by atoms with E-state index in [0.717, 1.165) is 33.7 Å². The van der Waals surface area contributed by atoms with Gasteiger partial charge >= 0.3 is 0 Å². The molecule has 0 saturated carbocycles. The molecule has 4 aromatic rings. The predicted molar refractivity (Wildman–Crippen MR) is 132 cm³/mol. The Hall–Kier alpha value is -3.91. The molecule has 32 heavy (non-hydrogen) atoms. The van der Waals surface area contributed by atoms with Crippen molar-refractivity contribution in [2.24, 2.45) is 4.99 Å². The fraction of sp³-hybridized carbons (Fsp3) is 0.222. The minimum Gasteiger partial charge on any atom is -0.301 e. The quantitative estimate of drug-likeness (QED) is 0.290. The lowest BCUT2D eigenvalue weighted by Gasteiger charge is -2.24. The summed E-state index contributed by atoms with van der Waals surface area (Å²) in [5.41, 5.74) is 11.4. The maximum atomic E-state index is 9.77. The second-order valence-corrected chi connectivity index (χ2v) is 8.36. The van der Waals surface area contributed by atoms with Crippen LogP contribution in [0.1, 0.15) is 33.4 Å². The molecule has 0 fully saturated rings. The number of aryl methyl sites for hydroxylation is 5. The first kappa shape index (κ1) is 21.3. The average Bonchev–Trinajstić information content (AvgIpc) is 3.17. The van der Waals surface area contributed by atoms with E-state index >= 15 is 0 Å². The highest BCUT2D eigenvalue weighted by atomic mass is 15.2. The van der Waals surface area contributed by atoms with Gasteiger partial charge in [0.15, 0.2) is 0 Å². The number of nitriles is 1. The van der Waals surface area contributed by atoms with Crippen LogP contribution in [0.25, 0.3) is 16.7 Å². The van der Waals surface area contributed by atoms with Crippen molar-refractivity contribution in [2.75, 3.05) is 11.9 Å². The van der Waals surface area contributed by atoms with Gasteiger partial charge in [-0.05, 0) is 98.8 Å². The van der Waals surface area contributed by atoms with Gasteiger partial charge in [0, 0.05) is 7.05 Å². The summed E-state index contributed by atoms with van der Waals surface area (Å²) in [6.45, 7) is 10.5. The van der Waals surface area contributed by atoms with Crippen LogP contribution in [0.15, 0.2) is 53.8 Å². The maximum Gasteiger partial charge on any atom is 0.100 e. The molecule has 0 spiro atoms. The second kappa shape index (κ2) is 8.32. The van der Waals surface area contributed by atoms with E-state index in [1.807, 2.05) is 27.9 Å². The van der Waals surface area contributed by atoms with E-state index in [2.05, 4.69) is 81.0 Å². The van der Waals surface area contributed by atoms with Crippen molar-refractivity contribution in [2.45, 2.75) is 34.6 Å². The molecule has 0 unspecified atom stereocenters. The van der Waals surface area contributed by atoms with Gasteiger partial charge in [-0.25, -0.2) is 4.98 Å². The van der Waals surface area contributed by atoms with Crippen LogP contribution in [0.3, 0.4) is 0 Å². The normalized spacial score (nSPS) is 11.3. The Balaban J connectivity index is 1.93. The molecule has 0 amide bonds. The van der Waals surface area contributed by atoms with Crippen molar-refractivity contribution in [1.29, 1.82) is 5.26 Å². The molecule has 1 aromatic heterocycles. The van der Waals surface area contributed by atoms with Crippen LogP contribution < -0.4 is 4.90 Å². The van der Waals surface area contributed by atoms with Gasteiger partial charge in [0.05, 0.1) is 46.1 Å². The van der Waals surface area contributed by atoms with Crippen LogP contribution in [-0.2, 0) is 0 Å². The summed E-state index contributed by atoms with van der Waals surface area (Å²) in [4.78, 5) is 10.9. The first-order chi connectivity index (χ1) is 15.3. The summed E-state index contributed by atoms with van der Waals surface area (Å²) in [6.07, 6.45) is 3.63. The van der Waals surface area contributed by atoms with E-state index < -0.39 is 0 Å². The van der Waals surface area contributed by atoms with Gasteiger partial charge in [0.1, 0.15) is 6.33 Å². The maximum absolute atomic E-state index is 9.77. The Morgan fingerprint density at radius 2 is 1.56 bits per heavy atom. The van der Waals surface area contributed by atoms with Crippen LogP contribution >= 0.6 is 0 Å². The molecule has 0 saturated heterocycles. The predicted octanol–water partition coefficient (Wildman–Crippen LogP) is 6.24. The van der Waals surface area contributed by atoms with E-state index in [1.165, 1.54) is 22.3 Å². The molecule has 5 nitrogen and oxygen atoms in total. The van der Waals surface area contributed by atoms with Crippen molar-refractivity contribution < 1.29 is 0 Å². The number of benzene rings is 3. The summed E-state index contributed by atoms with van der Waals surface area (Å²) in [5, 5.41) is 9.77. The Bertz CT molecular complexity index is 1400. The Labute approximate surface area is 189 Å². The zero-order chi connectivity index (χ0) is 23.0. The smallest absolute Gasteiger partial charge is 0.100 e. The number of imidazole rings is 1. The molecule has 0 atom stereocenters. The van der Waals surface area contributed by atoms with E-state index in [0.29, 0.717) is 5.56 Å². The Kier molecular flexibility index (Phi) is 5.54. The second-order valence-electron chi connectivity index (χ2n) is 8.36. The third-order valence-electron chi connectivity index (χ3n) is 6.05. The van der Waals surface area contributed by atoms with Crippen molar-refractivity contribution >= 4 is 28.7 Å². The summed E-state index contributed by atoms with van der Waals surface area (Å²) in [5.74, 6) is 0. The molecular formula is C27H27N5. The largest absolute Gasteiger partial charge is 0.301 e. The fourth-order valence-electron chi connectivity index (χ4n) is 4.00. The Morgan fingerprint density at radius 3 is 2.28 bits per heavy atom. The molecule has 3 aromatic carbocycles. The summed E-state index contributed by atoms with van der Waals surface area (Å²) >= 11 is 0. The lowest BCUT2D eigenvalue weighted by Crippen LogP contribution is -2.16. The minimum absolute atomic E-state index is 0.583. The number of fused-ring (bicyclic) bond motifs is 1. The lowest BCUT2D eigenvalue weighted by molar-refractivity contribution is 1.09. The minimum atomic E-state index is 0.583. The number of anilines is 2. The summed E-state index contributed by atoms with van der Waals surface area (Å²) in [6, 6.07) is 16.8. The van der Waals surface area contributed by atoms with E-state index in [-0.39, 0.29) is 0 Å². The average molecular weight is 422 g/mol. The Morgan fingerprint density at radius 1 is 0.875 bits per heavy atom.